The first-order valence-electron chi connectivity index (χ1n) is 20.7. The fraction of sp³-hybridized carbons (Fsp3) is 0.348. The molecule has 4 aromatic carbocycles. The molecule has 0 spiro atoms. The van der Waals surface area contributed by atoms with E-state index in [0.717, 1.165) is 48.0 Å². The van der Waals surface area contributed by atoms with E-state index in [2.05, 4.69) is 48.4 Å². The van der Waals surface area contributed by atoms with Gasteiger partial charge in [-0.15, -0.1) is 6.42 Å². The Labute approximate surface area is 377 Å². The van der Waals surface area contributed by atoms with Crippen molar-refractivity contribution in [3.8, 4) is 35.3 Å². The summed E-state index contributed by atoms with van der Waals surface area (Å²) in [5.41, 5.74) is 3.59. The molecule has 0 saturated carbocycles. The van der Waals surface area contributed by atoms with Crippen LogP contribution in [0.3, 0.4) is 0 Å². The first kappa shape index (κ1) is 46.0. The molecule has 2 saturated heterocycles. The van der Waals surface area contributed by atoms with E-state index >= 15 is 0 Å². The summed E-state index contributed by atoms with van der Waals surface area (Å²) in [5, 5.41) is 8.06. The number of ether oxygens (including phenoxy) is 5. The van der Waals surface area contributed by atoms with Crippen LogP contribution >= 0.6 is 11.6 Å². The summed E-state index contributed by atoms with van der Waals surface area (Å²) in [6.45, 7) is 3.70. The molecule has 15 nitrogen and oxygen atoms in total. The molecule has 6 aromatic rings. The number of likely N-dealkylation sites (tertiary alicyclic amines) is 1. The van der Waals surface area contributed by atoms with E-state index < -0.39 is 15.8 Å². The topological polar surface area (TPSA) is 162 Å². The maximum atomic E-state index is 13.5. The molecular formula is C46H50ClFN8O7S. The number of sulfonamides is 1. The molecule has 0 radical (unpaired) electrons. The average molecular weight is 913 g/mol. The Kier molecular flexibility index (Phi) is 15.2. The summed E-state index contributed by atoms with van der Waals surface area (Å²) in [7, 11) is 2.13. The highest BCUT2D eigenvalue weighted by atomic mass is 35.5. The van der Waals surface area contributed by atoms with Crippen LogP contribution in [0.15, 0.2) is 79.4 Å². The van der Waals surface area contributed by atoms with Gasteiger partial charge in [-0.1, -0.05) is 23.6 Å². The highest BCUT2D eigenvalue weighted by Gasteiger charge is 2.27. The van der Waals surface area contributed by atoms with Gasteiger partial charge in [0.25, 0.3) is 0 Å². The maximum absolute atomic E-state index is 13.5. The average Bonchev–Trinajstić information content (AvgIpc) is 3.29. The van der Waals surface area contributed by atoms with Crippen molar-refractivity contribution < 1.29 is 36.5 Å². The zero-order valence-corrected chi connectivity index (χ0v) is 37.6. The number of aromatic nitrogens is 4. The molecule has 2 aromatic heterocycles. The van der Waals surface area contributed by atoms with E-state index in [-0.39, 0.29) is 17.2 Å². The first-order valence-corrected chi connectivity index (χ1v) is 22.9. The largest absolute Gasteiger partial charge is 0.493 e. The number of hydrogen-bond acceptors (Lipinski definition) is 14. The molecule has 2 aliphatic rings. The summed E-state index contributed by atoms with van der Waals surface area (Å²) in [6.07, 6.45) is 12.8. The minimum atomic E-state index is -3.19. The first-order chi connectivity index (χ1) is 30.9. The van der Waals surface area contributed by atoms with Crippen molar-refractivity contribution >= 4 is 66.4 Å². The smallest absolute Gasteiger partial charge is 0.211 e. The molecule has 2 fully saturated rings. The third-order valence-electron chi connectivity index (χ3n) is 10.8. The van der Waals surface area contributed by atoms with E-state index in [9.17, 15) is 12.8 Å². The number of nitrogens with zero attached hydrogens (tertiary/aromatic N) is 6. The van der Waals surface area contributed by atoms with Gasteiger partial charge in [-0.05, 0) is 81.3 Å². The van der Waals surface area contributed by atoms with Gasteiger partial charge < -0.3 is 39.2 Å². The fourth-order valence-electron chi connectivity index (χ4n) is 7.30. The molecular weight excluding hydrogens is 863 g/mol. The Hall–Kier alpha value is -6.03. The van der Waals surface area contributed by atoms with E-state index in [1.807, 2.05) is 42.5 Å². The van der Waals surface area contributed by atoms with Crippen molar-refractivity contribution in [1.29, 1.82) is 0 Å². The highest BCUT2D eigenvalue weighted by Crippen LogP contribution is 2.38. The number of anilines is 4. The van der Waals surface area contributed by atoms with Crippen molar-refractivity contribution in [3.05, 3.63) is 95.8 Å². The standard InChI is InChI=1S/C23H26ClFN4O3.C23H24N4O4S/c1-29-7-5-16(6-8-29)32-22-12-17-20(13-21(22)31-10-9-30-2)26-14-27-23(17)28-15-3-4-19(25)18(24)11-15;1-4-16-6-5-7-17(12-16)26-23-19-13-22(21(30-2)14-20(19)24-15-25-23)31-18-8-10-27(11-9-18)32(3,28)29/h3-4,11-14,16H,5-10H2,1-2H3,(H,26,27,28);1,5-7,12-15,18H,8-11H2,2-3H3,(H,24,25,26). The summed E-state index contributed by atoms with van der Waals surface area (Å²) >= 11 is 5.93. The van der Waals surface area contributed by atoms with Crippen LogP contribution < -0.4 is 29.6 Å². The number of methoxy groups -OCH3 is 2. The van der Waals surface area contributed by atoms with Gasteiger partial charge in [0.1, 0.15) is 48.9 Å². The monoisotopic (exact) mass is 912 g/mol. The molecule has 18 heteroatoms. The predicted octanol–water partition coefficient (Wildman–Crippen LogP) is 7.83. The minimum absolute atomic E-state index is 0.0356. The molecule has 0 aliphatic carbocycles. The van der Waals surface area contributed by atoms with Gasteiger partial charge in [0.05, 0.1) is 36.0 Å². The van der Waals surface area contributed by atoms with Crippen LogP contribution in [0.5, 0.6) is 23.0 Å². The van der Waals surface area contributed by atoms with Gasteiger partial charge in [0.15, 0.2) is 23.0 Å². The summed E-state index contributed by atoms with van der Waals surface area (Å²) in [4.78, 5) is 19.8. The third-order valence-corrected chi connectivity index (χ3v) is 12.4. The van der Waals surface area contributed by atoms with Crippen molar-refractivity contribution in [2.24, 2.45) is 0 Å². The predicted molar refractivity (Wildman–Crippen MR) is 247 cm³/mol. The lowest BCUT2D eigenvalue weighted by Crippen LogP contribution is -2.41. The zero-order valence-electron chi connectivity index (χ0n) is 36.0. The molecule has 0 atom stereocenters. The number of halogens is 2. The number of fused-ring (bicyclic) bond motifs is 2. The number of piperidine rings is 2. The molecule has 2 aliphatic heterocycles. The number of benzene rings is 4. The summed E-state index contributed by atoms with van der Waals surface area (Å²) in [6, 6.07) is 19.3. The van der Waals surface area contributed by atoms with Gasteiger partial charge >= 0.3 is 0 Å². The zero-order chi connectivity index (χ0) is 45.2. The molecule has 2 N–H and O–H groups in total. The minimum Gasteiger partial charge on any atom is -0.493 e. The van der Waals surface area contributed by atoms with Crippen molar-refractivity contribution in [3.63, 3.8) is 0 Å². The Morgan fingerprint density at radius 2 is 1.34 bits per heavy atom. The van der Waals surface area contributed by atoms with Gasteiger partial charge in [0, 0.05) is 73.1 Å². The molecule has 0 bridgehead atoms. The summed E-state index contributed by atoms with van der Waals surface area (Å²) < 4.78 is 67.7. The Morgan fingerprint density at radius 3 is 1.91 bits per heavy atom. The molecule has 64 heavy (non-hydrogen) atoms. The lowest BCUT2D eigenvalue weighted by atomic mass is 10.1. The summed E-state index contributed by atoms with van der Waals surface area (Å²) in [5.74, 6) is 5.70. The Balaban J connectivity index is 0.000000191. The molecule has 336 valence electrons. The van der Waals surface area contributed by atoms with E-state index in [1.165, 1.54) is 35.3 Å². The number of terminal acetylenes is 1. The fourth-order valence-corrected chi connectivity index (χ4v) is 8.35. The van der Waals surface area contributed by atoms with Gasteiger partial charge in [-0.3, -0.25) is 0 Å². The van der Waals surface area contributed by atoms with Gasteiger partial charge in [-0.2, -0.15) is 0 Å². The van der Waals surface area contributed by atoms with Crippen molar-refractivity contribution in [2.75, 3.05) is 77.5 Å². The molecule has 4 heterocycles. The van der Waals surface area contributed by atoms with Crippen LogP contribution in [-0.2, 0) is 14.8 Å². The second-order valence-electron chi connectivity index (χ2n) is 15.3. The van der Waals surface area contributed by atoms with Crippen molar-refractivity contribution in [2.45, 2.75) is 37.9 Å². The van der Waals surface area contributed by atoms with Crippen LogP contribution in [0.2, 0.25) is 5.02 Å². The van der Waals surface area contributed by atoms with E-state index in [4.69, 9.17) is 41.7 Å². The molecule has 0 amide bonds. The van der Waals surface area contributed by atoms with E-state index in [0.29, 0.717) is 90.5 Å². The Morgan fingerprint density at radius 1 is 0.766 bits per heavy atom. The lowest BCUT2D eigenvalue weighted by Gasteiger charge is -2.30. The van der Waals surface area contributed by atoms with Crippen molar-refractivity contribution in [1.82, 2.24) is 29.1 Å². The van der Waals surface area contributed by atoms with Crippen LogP contribution in [0.1, 0.15) is 31.2 Å². The number of rotatable bonds is 14. The van der Waals surface area contributed by atoms with Gasteiger partial charge in [-0.25, -0.2) is 37.0 Å². The van der Waals surface area contributed by atoms with Crippen LogP contribution in [0, 0.1) is 18.2 Å². The SMILES string of the molecule is C#Cc1cccc(Nc2ncnc3cc(OC)c(OC4CCN(S(C)(=O)=O)CC4)cc23)c1.COCCOc1cc2ncnc(Nc3ccc(F)c(Cl)c3)c2cc1OC1CCN(C)CC1. The normalized spacial score (nSPS) is 15.2. The second-order valence-corrected chi connectivity index (χ2v) is 17.7. The quantitative estimate of drug-likeness (QED) is 0.0803. The number of nitrogens with one attached hydrogen (secondary N) is 2. The van der Waals surface area contributed by atoms with Crippen LogP contribution in [0.4, 0.5) is 27.4 Å². The van der Waals surface area contributed by atoms with Gasteiger partial charge in [0.2, 0.25) is 10.0 Å². The maximum Gasteiger partial charge on any atom is 0.211 e. The Bertz CT molecular complexity index is 2730. The number of hydrogen-bond donors (Lipinski definition) is 2. The van der Waals surface area contributed by atoms with Crippen LogP contribution in [0.25, 0.3) is 21.8 Å². The second kappa shape index (κ2) is 21.1. The third kappa shape index (κ3) is 11.8. The lowest BCUT2D eigenvalue weighted by molar-refractivity contribution is 0.105. The van der Waals surface area contributed by atoms with E-state index in [1.54, 1.807) is 26.4 Å². The van der Waals surface area contributed by atoms with Crippen LogP contribution in [-0.4, -0.2) is 117 Å². The molecule has 8 rings (SSSR count). The highest BCUT2D eigenvalue weighted by molar-refractivity contribution is 7.88. The molecule has 0 unspecified atom stereocenters.